The van der Waals surface area contributed by atoms with Crippen LogP contribution in [0, 0.1) is 5.82 Å². The van der Waals surface area contributed by atoms with Gasteiger partial charge < -0.3 is 14.1 Å². The molecule has 1 saturated heterocycles. The number of ether oxygens (including phenoxy) is 1. The first kappa shape index (κ1) is 30.9. The highest BCUT2D eigenvalue weighted by molar-refractivity contribution is 7.89. The highest BCUT2D eigenvalue weighted by Gasteiger charge is 2.29. The van der Waals surface area contributed by atoms with Crippen molar-refractivity contribution in [3.63, 3.8) is 0 Å². The summed E-state index contributed by atoms with van der Waals surface area (Å²) >= 11 is 0. The monoisotopic (exact) mass is 585 g/mol. The lowest BCUT2D eigenvalue weighted by Crippen LogP contribution is -2.44. The molecule has 0 radical (unpaired) electrons. The largest absolute Gasteiger partial charge is 0.467 e. The Hall–Kier alpha value is -3.05. The van der Waals surface area contributed by atoms with Gasteiger partial charge in [0.2, 0.25) is 15.9 Å². The predicted molar refractivity (Wildman–Crippen MR) is 155 cm³/mol. The molecule has 0 saturated carbocycles. The van der Waals surface area contributed by atoms with Crippen molar-refractivity contribution in [1.82, 2.24) is 14.1 Å². The molecule has 1 amide bonds. The third-order valence-electron chi connectivity index (χ3n) is 7.22. The lowest BCUT2D eigenvalue weighted by molar-refractivity contribution is -0.133. The van der Waals surface area contributed by atoms with E-state index >= 15 is 0 Å². The number of carbonyl (C=O) groups is 1. The first-order chi connectivity index (χ1) is 19.5. The standard InChI is InChI=1S/C31H40FN3O5S/c1-31(2,3)26-9-13-29(14-10-26)41(37,38)35(16-5-15-33-17-20-39-21-18-33)24-30(36)34(23-28-6-4-19-40-28)22-25-7-11-27(32)12-8-25/h4,6-14,19H,5,15-18,20-24H2,1-3H3. The Morgan fingerprint density at radius 2 is 1.66 bits per heavy atom. The summed E-state index contributed by atoms with van der Waals surface area (Å²) in [5.41, 5.74) is 1.63. The zero-order chi connectivity index (χ0) is 29.5. The van der Waals surface area contributed by atoms with Crippen LogP contribution in [0.15, 0.2) is 76.2 Å². The Morgan fingerprint density at radius 1 is 0.976 bits per heavy atom. The summed E-state index contributed by atoms with van der Waals surface area (Å²) in [5.74, 6) is -0.167. The first-order valence-electron chi connectivity index (χ1n) is 14.0. The second kappa shape index (κ2) is 13.7. The molecule has 0 spiro atoms. The van der Waals surface area contributed by atoms with Crippen LogP contribution in [-0.4, -0.2) is 74.4 Å². The van der Waals surface area contributed by atoms with Gasteiger partial charge in [-0.2, -0.15) is 4.31 Å². The average Bonchev–Trinajstić information content (AvgIpc) is 3.46. The van der Waals surface area contributed by atoms with Crippen molar-refractivity contribution in [3.8, 4) is 0 Å². The fraction of sp³-hybridized carbons (Fsp3) is 0.452. The first-order valence-corrected chi connectivity index (χ1v) is 15.4. The van der Waals surface area contributed by atoms with Gasteiger partial charge in [0.25, 0.3) is 0 Å². The third kappa shape index (κ3) is 8.72. The number of carbonyl (C=O) groups excluding carboxylic acids is 1. The molecule has 0 bridgehead atoms. The summed E-state index contributed by atoms with van der Waals surface area (Å²) in [4.78, 5) is 17.7. The van der Waals surface area contributed by atoms with Crippen molar-refractivity contribution in [3.05, 3.63) is 89.6 Å². The minimum absolute atomic E-state index is 0.122. The van der Waals surface area contributed by atoms with Gasteiger partial charge in [0, 0.05) is 26.2 Å². The van der Waals surface area contributed by atoms with Crippen LogP contribution in [0.5, 0.6) is 0 Å². The van der Waals surface area contributed by atoms with E-state index in [1.807, 2.05) is 12.1 Å². The molecule has 10 heteroatoms. The summed E-state index contributed by atoms with van der Waals surface area (Å²) in [6.45, 7) is 10.0. The van der Waals surface area contributed by atoms with Crippen molar-refractivity contribution in [2.45, 2.75) is 50.6 Å². The second-order valence-corrected chi connectivity index (χ2v) is 13.3. The number of rotatable bonds is 12. The van der Waals surface area contributed by atoms with Crippen molar-refractivity contribution in [2.75, 3.05) is 45.9 Å². The molecule has 2 aromatic carbocycles. The molecule has 0 aliphatic carbocycles. The molecule has 0 atom stereocenters. The Kier molecular flexibility index (Phi) is 10.4. The van der Waals surface area contributed by atoms with Gasteiger partial charge in [-0.3, -0.25) is 9.69 Å². The van der Waals surface area contributed by atoms with Crippen LogP contribution in [0.3, 0.4) is 0 Å². The Bertz CT molecular complexity index is 1350. The normalized spacial score (nSPS) is 14.9. The molecule has 1 aromatic heterocycles. The van der Waals surface area contributed by atoms with Crippen LogP contribution in [0.2, 0.25) is 0 Å². The average molecular weight is 586 g/mol. The number of benzene rings is 2. The second-order valence-electron chi connectivity index (χ2n) is 11.4. The number of sulfonamides is 1. The van der Waals surface area contributed by atoms with Crippen molar-refractivity contribution in [2.24, 2.45) is 0 Å². The smallest absolute Gasteiger partial charge is 0.243 e. The van der Waals surface area contributed by atoms with Crippen LogP contribution < -0.4 is 0 Å². The molecule has 0 unspecified atom stereocenters. The van der Waals surface area contributed by atoms with Gasteiger partial charge in [-0.25, -0.2) is 12.8 Å². The van der Waals surface area contributed by atoms with Gasteiger partial charge in [-0.1, -0.05) is 45.0 Å². The molecule has 0 N–H and O–H groups in total. The SMILES string of the molecule is CC(C)(C)c1ccc(S(=O)(=O)N(CCCN2CCOCC2)CC(=O)N(Cc2ccc(F)cc2)Cc2ccco2)cc1. The topological polar surface area (TPSA) is 83.3 Å². The summed E-state index contributed by atoms with van der Waals surface area (Å²) in [7, 11) is -3.97. The number of amides is 1. The molecule has 2 heterocycles. The molecule has 1 fully saturated rings. The zero-order valence-corrected chi connectivity index (χ0v) is 24.9. The number of morpholine rings is 1. The van der Waals surface area contributed by atoms with Gasteiger partial charge in [0.05, 0.1) is 37.5 Å². The van der Waals surface area contributed by atoms with Gasteiger partial charge in [-0.05, 0) is 65.9 Å². The summed E-state index contributed by atoms with van der Waals surface area (Å²) in [6.07, 6.45) is 2.10. The van der Waals surface area contributed by atoms with E-state index in [0.29, 0.717) is 31.9 Å². The molecule has 41 heavy (non-hydrogen) atoms. The predicted octanol–water partition coefficient (Wildman–Crippen LogP) is 4.66. The molecule has 8 nitrogen and oxygen atoms in total. The van der Waals surface area contributed by atoms with Crippen molar-refractivity contribution >= 4 is 15.9 Å². The number of hydrogen-bond donors (Lipinski definition) is 0. The van der Waals surface area contributed by atoms with Crippen LogP contribution in [-0.2, 0) is 38.1 Å². The maximum atomic E-state index is 13.9. The van der Waals surface area contributed by atoms with E-state index in [1.54, 1.807) is 41.3 Å². The summed E-state index contributed by atoms with van der Waals surface area (Å²) in [5, 5.41) is 0. The van der Waals surface area contributed by atoms with Gasteiger partial charge in [0.1, 0.15) is 11.6 Å². The highest BCUT2D eigenvalue weighted by atomic mass is 32.2. The molecular formula is C31H40FN3O5S. The van der Waals surface area contributed by atoms with Crippen LogP contribution in [0.4, 0.5) is 4.39 Å². The highest BCUT2D eigenvalue weighted by Crippen LogP contribution is 2.25. The number of halogens is 1. The van der Waals surface area contributed by atoms with E-state index < -0.39 is 10.0 Å². The molecule has 1 aliphatic heterocycles. The minimum Gasteiger partial charge on any atom is -0.467 e. The number of furan rings is 1. The van der Waals surface area contributed by atoms with Crippen molar-refractivity contribution in [1.29, 1.82) is 0 Å². The van der Waals surface area contributed by atoms with Gasteiger partial charge in [0.15, 0.2) is 0 Å². The van der Waals surface area contributed by atoms with Gasteiger partial charge >= 0.3 is 0 Å². The third-order valence-corrected chi connectivity index (χ3v) is 9.08. The molecule has 1 aliphatic rings. The summed E-state index contributed by atoms with van der Waals surface area (Å²) < 4.78 is 53.5. The number of nitrogens with zero attached hydrogens (tertiary/aromatic N) is 3. The lowest BCUT2D eigenvalue weighted by Gasteiger charge is -2.29. The molecule has 4 rings (SSSR count). The van der Waals surface area contributed by atoms with Crippen LogP contribution in [0.1, 0.15) is 44.1 Å². The molecule has 222 valence electrons. The van der Waals surface area contributed by atoms with Crippen LogP contribution >= 0.6 is 0 Å². The summed E-state index contributed by atoms with van der Waals surface area (Å²) in [6, 6.07) is 16.3. The van der Waals surface area contributed by atoms with E-state index in [0.717, 1.165) is 24.2 Å². The van der Waals surface area contributed by atoms with E-state index in [-0.39, 0.29) is 48.2 Å². The fourth-order valence-corrected chi connectivity index (χ4v) is 6.17. The van der Waals surface area contributed by atoms with E-state index in [4.69, 9.17) is 9.15 Å². The maximum absolute atomic E-state index is 13.9. The quantitative estimate of drug-likeness (QED) is 0.308. The van der Waals surface area contributed by atoms with E-state index in [2.05, 4.69) is 25.7 Å². The van der Waals surface area contributed by atoms with Crippen LogP contribution in [0.25, 0.3) is 0 Å². The van der Waals surface area contributed by atoms with E-state index in [9.17, 15) is 17.6 Å². The Balaban J connectivity index is 1.56. The fourth-order valence-electron chi connectivity index (χ4n) is 4.74. The van der Waals surface area contributed by atoms with E-state index in [1.165, 1.54) is 22.7 Å². The van der Waals surface area contributed by atoms with Gasteiger partial charge in [-0.15, -0.1) is 0 Å². The maximum Gasteiger partial charge on any atom is 0.243 e. The van der Waals surface area contributed by atoms with Crippen molar-refractivity contribution < 1.29 is 26.8 Å². The molecular weight excluding hydrogens is 545 g/mol. The Labute approximate surface area is 242 Å². The minimum atomic E-state index is -3.97. The lowest BCUT2D eigenvalue weighted by atomic mass is 9.87. The molecule has 3 aromatic rings. The zero-order valence-electron chi connectivity index (χ0n) is 24.1. The Morgan fingerprint density at radius 3 is 2.27 bits per heavy atom. The number of hydrogen-bond acceptors (Lipinski definition) is 6.